The number of fused-ring (bicyclic) bond motifs is 1. The van der Waals surface area contributed by atoms with Gasteiger partial charge in [-0.1, -0.05) is 12.8 Å². The number of anilines is 1. The van der Waals surface area contributed by atoms with Crippen LogP contribution in [-0.2, 0) is 19.2 Å². The maximum Gasteiger partial charge on any atom is 0.413 e. The lowest BCUT2D eigenvalue weighted by atomic mass is 9.96. The third-order valence-corrected chi connectivity index (χ3v) is 8.00. The quantitative estimate of drug-likeness (QED) is 0.409. The molecule has 5 rings (SSSR count). The molecule has 1 saturated carbocycles. The Morgan fingerprint density at radius 1 is 1.16 bits per heavy atom. The zero-order valence-corrected chi connectivity index (χ0v) is 23.8. The standard InChI is InChI=1S/C29H30F3N5O7/c1-14(34-28(42)43-18-7-5-16(30)6-8-18)25(39)36(2)20(9-15-3-4-15)26(40)37-13-29(12-21(37)24(33)38)27(41)35-23-19(32)10-17(31)11-22(23)44-29/h5-8,10-11,14-15,20-21H,3-4,9,12-13H2,1-2H3,(H2,33,38)(H,34,42)(H,35,41)/t14-,20-,21-,29+/m0/s1. The molecule has 44 heavy (non-hydrogen) atoms. The summed E-state index contributed by atoms with van der Waals surface area (Å²) in [6.07, 6.45) is 0.478. The van der Waals surface area contributed by atoms with Crippen molar-refractivity contribution in [1.82, 2.24) is 15.1 Å². The van der Waals surface area contributed by atoms with Gasteiger partial charge in [0, 0.05) is 25.6 Å². The third kappa shape index (κ3) is 6.12. The van der Waals surface area contributed by atoms with Gasteiger partial charge in [0.2, 0.25) is 23.3 Å². The lowest BCUT2D eigenvalue weighted by Gasteiger charge is -2.36. The number of primary amides is 1. The lowest BCUT2D eigenvalue weighted by Crippen LogP contribution is -2.57. The number of hydrogen-bond acceptors (Lipinski definition) is 7. The molecule has 12 nitrogen and oxygen atoms in total. The van der Waals surface area contributed by atoms with E-state index >= 15 is 0 Å². The second-order valence-electron chi connectivity index (χ2n) is 11.3. The number of nitrogens with one attached hydrogen (secondary N) is 2. The van der Waals surface area contributed by atoms with E-state index in [0.717, 1.165) is 40.8 Å². The fourth-order valence-electron chi connectivity index (χ4n) is 5.45. The highest BCUT2D eigenvalue weighted by molar-refractivity contribution is 6.03. The minimum absolute atomic E-state index is 0.0428. The predicted octanol–water partition coefficient (Wildman–Crippen LogP) is 2.06. The molecular weight excluding hydrogens is 587 g/mol. The van der Waals surface area contributed by atoms with E-state index in [1.54, 1.807) is 0 Å². The van der Waals surface area contributed by atoms with Crippen molar-refractivity contribution >= 4 is 35.4 Å². The molecule has 0 bridgehead atoms. The SMILES string of the molecule is C[C@H](NC(=O)Oc1ccc(F)cc1)C(=O)N(C)[C@@H](CC1CC1)C(=O)N1C[C@@]2(C[C@H]1C(N)=O)Oc1cc(F)cc(F)c1NC2=O. The van der Waals surface area contributed by atoms with E-state index in [1.165, 1.54) is 26.1 Å². The van der Waals surface area contributed by atoms with Gasteiger partial charge in [0.1, 0.15) is 41.2 Å². The largest absolute Gasteiger partial charge is 0.473 e. The Balaban J connectivity index is 1.34. The first kappa shape index (κ1) is 30.6. The van der Waals surface area contributed by atoms with E-state index in [-0.39, 0.29) is 29.5 Å². The highest BCUT2D eigenvalue weighted by Crippen LogP contribution is 2.43. The molecule has 0 radical (unpaired) electrons. The van der Waals surface area contributed by atoms with Crippen LogP contribution in [0.4, 0.5) is 23.7 Å². The first-order valence-corrected chi connectivity index (χ1v) is 13.9. The number of likely N-dealkylation sites (N-methyl/N-ethyl adjacent to an activating group) is 1. The first-order chi connectivity index (χ1) is 20.8. The highest BCUT2D eigenvalue weighted by Gasteiger charge is 2.58. The number of ether oxygens (including phenoxy) is 2. The molecule has 2 aromatic rings. The molecule has 1 saturated heterocycles. The van der Waals surface area contributed by atoms with Gasteiger partial charge in [-0.05, 0) is 43.5 Å². The fraction of sp³-hybridized carbons (Fsp3) is 0.414. The van der Waals surface area contributed by atoms with Crippen LogP contribution in [0.3, 0.4) is 0 Å². The summed E-state index contributed by atoms with van der Waals surface area (Å²) < 4.78 is 52.2. The number of amides is 5. The van der Waals surface area contributed by atoms with Gasteiger partial charge in [-0.3, -0.25) is 19.2 Å². The zero-order chi connectivity index (χ0) is 31.9. The second-order valence-corrected chi connectivity index (χ2v) is 11.3. The average molecular weight is 618 g/mol. The Labute approximate surface area is 249 Å². The molecule has 15 heteroatoms. The summed E-state index contributed by atoms with van der Waals surface area (Å²) in [4.78, 5) is 67.7. The average Bonchev–Trinajstić information content (AvgIpc) is 3.70. The van der Waals surface area contributed by atoms with E-state index in [9.17, 15) is 37.1 Å². The molecule has 2 aromatic carbocycles. The Morgan fingerprint density at radius 2 is 1.84 bits per heavy atom. The van der Waals surface area contributed by atoms with Crippen LogP contribution in [0.1, 0.15) is 32.6 Å². The number of nitrogens with two attached hydrogens (primary N) is 1. The fourth-order valence-corrected chi connectivity index (χ4v) is 5.45. The topological polar surface area (TPSA) is 160 Å². The van der Waals surface area contributed by atoms with E-state index in [0.29, 0.717) is 6.07 Å². The van der Waals surface area contributed by atoms with Gasteiger partial charge in [0.25, 0.3) is 5.91 Å². The van der Waals surface area contributed by atoms with Gasteiger partial charge in [0.05, 0.1) is 6.54 Å². The van der Waals surface area contributed by atoms with Gasteiger partial charge >= 0.3 is 6.09 Å². The number of likely N-dealkylation sites (tertiary alicyclic amines) is 1. The van der Waals surface area contributed by atoms with Crippen LogP contribution >= 0.6 is 0 Å². The highest BCUT2D eigenvalue weighted by atomic mass is 19.1. The van der Waals surface area contributed by atoms with Gasteiger partial charge in [-0.15, -0.1) is 0 Å². The Kier molecular flexibility index (Phi) is 8.14. The zero-order valence-electron chi connectivity index (χ0n) is 23.8. The molecular formula is C29H30F3N5O7. The molecule has 4 atom stereocenters. The van der Waals surface area contributed by atoms with Crippen molar-refractivity contribution in [2.75, 3.05) is 18.9 Å². The minimum atomic E-state index is -1.88. The Hall–Kier alpha value is -4.82. The molecule has 0 aromatic heterocycles. The summed E-state index contributed by atoms with van der Waals surface area (Å²) in [5.41, 5.74) is 3.37. The van der Waals surface area contributed by atoms with Crippen LogP contribution in [0.5, 0.6) is 11.5 Å². The Bertz CT molecular complexity index is 1520. The molecule has 0 unspecified atom stereocenters. The van der Waals surface area contributed by atoms with E-state index in [2.05, 4.69) is 10.6 Å². The third-order valence-electron chi connectivity index (χ3n) is 8.00. The number of carbonyl (C=O) groups excluding carboxylic acids is 5. The van der Waals surface area contributed by atoms with E-state index < -0.39 is 83.9 Å². The molecule has 3 aliphatic rings. The van der Waals surface area contributed by atoms with Crippen molar-refractivity contribution in [1.29, 1.82) is 0 Å². The number of nitrogens with zero attached hydrogens (tertiary/aromatic N) is 2. The monoisotopic (exact) mass is 617 g/mol. The first-order valence-electron chi connectivity index (χ1n) is 13.9. The van der Waals surface area contributed by atoms with Crippen molar-refractivity contribution in [3.8, 4) is 11.5 Å². The van der Waals surface area contributed by atoms with Crippen molar-refractivity contribution in [3.05, 3.63) is 53.8 Å². The molecule has 234 valence electrons. The minimum Gasteiger partial charge on any atom is -0.473 e. The van der Waals surface area contributed by atoms with Crippen LogP contribution in [0.25, 0.3) is 0 Å². The van der Waals surface area contributed by atoms with Crippen LogP contribution in [0.15, 0.2) is 36.4 Å². The molecule has 2 fully saturated rings. The van der Waals surface area contributed by atoms with Crippen LogP contribution in [-0.4, -0.2) is 76.8 Å². The van der Waals surface area contributed by atoms with E-state index in [4.69, 9.17) is 15.2 Å². The van der Waals surface area contributed by atoms with Crippen molar-refractivity contribution in [2.45, 2.75) is 56.3 Å². The van der Waals surface area contributed by atoms with Crippen molar-refractivity contribution < 1.29 is 46.6 Å². The molecule has 4 N–H and O–H groups in total. The predicted molar refractivity (Wildman–Crippen MR) is 147 cm³/mol. The molecule has 2 heterocycles. The maximum atomic E-state index is 14.3. The van der Waals surface area contributed by atoms with Crippen molar-refractivity contribution in [2.24, 2.45) is 11.7 Å². The Morgan fingerprint density at radius 3 is 2.48 bits per heavy atom. The molecule has 2 aliphatic heterocycles. The second kappa shape index (κ2) is 11.7. The summed E-state index contributed by atoms with van der Waals surface area (Å²) in [5.74, 6) is -5.85. The van der Waals surface area contributed by atoms with Gasteiger partial charge in [-0.2, -0.15) is 0 Å². The van der Waals surface area contributed by atoms with E-state index in [1.807, 2.05) is 0 Å². The van der Waals surface area contributed by atoms with Gasteiger partial charge < -0.3 is 35.6 Å². The number of carbonyl (C=O) groups is 5. The number of halogens is 3. The number of rotatable bonds is 8. The summed E-state index contributed by atoms with van der Waals surface area (Å²) in [6.45, 7) is 0.903. The molecule has 1 aliphatic carbocycles. The smallest absolute Gasteiger partial charge is 0.413 e. The molecule has 5 amide bonds. The summed E-state index contributed by atoms with van der Waals surface area (Å²) in [7, 11) is 1.37. The normalized spacial score (nSPS) is 21.9. The van der Waals surface area contributed by atoms with Crippen LogP contribution in [0, 0.1) is 23.4 Å². The van der Waals surface area contributed by atoms with Crippen LogP contribution in [0.2, 0.25) is 0 Å². The van der Waals surface area contributed by atoms with Crippen molar-refractivity contribution in [3.63, 3.8) is 0 Å². The number of benzene rings is 2. The molecule has 1 spiro atoms. The van der Waals surface area contributed by atoms with Gasteiger partial charge in [-0.25, -0.2) is 18.0 Å². The summed E-state index contributed by atoms with van der Waals surface area (Å²) in [6, 6.07) is 2.50. The van der Waals surface area contributed by atoms with Crippen LogP contribution < -0.4 is 25.8 Å². The van der Waals surface area contributed by atoms with Gasteiger partial charge in [0.15, 0.2) is 11.6 Å². The summed E-state index contributed by atoms with van der Waals surface area (Å²) in [5, 5.41) is 4.72. The maximum absolute atomic E-state index is 14.3. The lowest BCUT2D eigenvalue weighted by molar-refractivity contribution is -0.148. The number of hydrogen-bond donors (Lipinski definition) is 3. The summed E-state index contributed by atoms with van der Waals surface area (Å²) >= 11 is 0.